The highest BCUT2D eigenvalue weighted by Gasteiger charge is 2.14. The van der Waals surface area contributed by atoms with Crippen LogP contribution in [0, 0.1) is 13.8 Å². The summed E-state index contributed by atoms with van der Waals surface area (Å²) in [5, 5.41) is 9.68. The summed E-state index contributed by atoms with van der Waals surface area (Å²) in [7, 11) is 0. The Hall–Kier alpha value is -0.340. The van der Waals surface area contributed by atoms with Gasteiger partial charge in [-0.1, -0.05) is 28.9 Å². The summed E-state index contributed by atoms with van der Waals surface area (Å²) in [4.78, 5) is 0. The van der Waals surface area contributed by atoms with Gasteiger partial charge in [-0.2, -0.15) is 0 Å². The van der Waals surface area contributed by atoms with Gasteiger partial charge in [-0.15, -0.1) is 0 Å². The Labute approximate surface area is 94.3 Å². The molecule has 0 fully saturated rings. The predicted octanol–water partition coefficient (Wildman–Crippen LogP) is 3.45. The first-order valence-corrected chi connectivity index (χ1v) is 5.62. The molecule has 0 amide bonds. The van der Waals surface area contributed by atoms with Crippen LogP contribution in [0.4, 0.5) is 0 Å². The number of aryl methyl sites for hydroxylation is 1. The molecule has 0 bridgehead atoms. The molecule has 1 aromatic carbocycles. The second kappa shape index (κ2) is 4.94. The second-order valence-electron chi connectivity index (χ2n) is 3.64. The molecular weight excluding hydrogens is 240 g/mol. The monoisotopic (exact) mass is 255 g/mol. The van der Waals surface area contributed by atoms with Crippen LogP contribution in [-0.2, 0) is 0 Å². The molecule has 1 radical (unpaired) electrons. The summed E-state index contributed by atoms with van der Waals surface area (Å²) < 4.78 is 1.05. The lowest BCUT2D eigenvalue weighted by molar-refractivity contribution is 0.154. The minimum atomic E-state index is -0.358. The molecule has 77 valence electrons. The molecule has 2 atom stereocenters. The first kappa shape index (κ1) is 11.7. The molecule has 0 aliphatic heterocycles. The Morgan fingerprint density at radius 1 is 1.43 bits per heavy atom. The summed E-state index contributed by atoms with van der Waals surface area (Å²) in [5.74, 6) is -0.0452. The molecule has 1 aromatic rings. The van der Waals surface area contributed by atoms with Gasteiger partial charge >= 0.3 is 0 Å². The molecule has 0 spiro atoms. The SMILES string of the molecule is [CH2]C(c1cc(C)cc(Br)c1)C(O)CC. The highest BCUT2D eigenvalue weighted by atomic mass is 79.9. The summed E-state index contributed by atoms with van der Waals surface area (Å²) in [6, 6.07) is 6.14. The average Bonchev–Trinajstić information content (AvgIpc) is 2.14. The fourth-order valence-electron chi connectivity index (χ4n) is 1.49. The van der Waals surface area contributed by atoms with Crippen LogP contribution in [0.2, 0.25) is 0 Å². The molecule has 1 nitrogen and oxygen atoms in total. The van der Waals surface area contributed by atoms with Gasteiger partial charge in [-0.05, 0) is 43.5 Å². The van der Waals surface area contributed by atoms with Crippen LogP contribution in [0.15, 0.2) is 22.7 Å². The Morgan fingerprint density at radius 3 is 2.57 bits per heavy atom. The normalized spacial score (nSPS) is 15.2. The minimum absolute atomic E-state index is 0.0452. The zero-order valence-electron chi connectivity index (χ0n) is 8.63. The molecule has 1 rings (SSSR count). The van der Waals surface area contributed by atoms with E-state index in [4.69, 9.17) is 0 Å². The number of benzene rings is 1. The lowest BCUT2D eigenvalue weighted by Gasteiger charge is -2.18. The van der Waals surface area contributed by atoms with Crippen molar-refractivity contribution in [2.75, 3.05) is 0 Å². The molecule has 1 N–H and O–H groups in total. The van der Waals surface area contributed by atoms with Gasteiger partial charge in [-0.3, -0.25) is 0 Å². The van der Waals surface area contributed by atoms with Crippen molar-refractivity contribution in [3.05, 3.63) is 40.7 Å². The van der Waals surface area contributed by atoms with Crippen LogP contribution < -0.4 is 0 Å². The maximum absolute atomic E-state index is 9.68. The summed E-state index contributed by atoms with van der Waals surface area (Å²) in [6.07, 6.45) is 0.378. The summed E-state index contributed by atoms with van der Waals surface area (Å²) in [6.45, 7) is 8.00. The second-order valence-corrected chi connectivity index (χ2v) is 4.56. The maximum atomic E-state index is 9.68. The molecule has 0 aromatic heterocycles. The number of aliphatic hydroxyl groups excluding tert-OH is 1. The van der Waals surface area contributed by atoms with E-state index in [9.17, 15) is 5.11 Å². The Balaban J connectivity index is 2.94. The lowest BCUT2D eigenvalue weighted by Crippen LogP contribution is -2.14. The zero-order chi connectivity index (χ0) is 10.7. The molecule has 0 heterocycles. The highest BCUT2D eigenvalue weighted by molar-refractivity contribution is 9.10. The van der Waals surface area contributed by atoms with Crippen molar-refractivity contribution in [3.63, 3.8) is 0 Å². The van der Waals surface area contributed by atoms with Crippen LogP contribution in [0.25, 0.3) is 0 Å². The number of halogens is 1. The fourth-order valence-corrected chi connectivity index (χ4v) is 2.11. The van der Waals surface area contributed by atoms with Gasteiger partial charge in [0.25, 0.3) is 0 Å². The van der Waals surface area contributed by atoms with Crippen molar-refractivity contribution in [2.45, 2.75) is 32.3 Å². The lowest BCUT2D eigenvalue weighted by atomic mass is 9.93. The van der Waals surface area contributed by atoms with E-state index >= 15 is 0 Å². The van der Waals surface area contributed by atoms with E-state index in [-0.39, 0.29) is 12.0 Å². The third-order valence-corrected chi connectivity index (χ3v) is 2.83. The quantitative estimate of drug-likeness (QED) is 0.878. The van der Waals surface area contributed by atoms with Crippen molar-refractivity contribution < 1.29 is 5.11 Å². The maximum Gasteiger partial charge on any atom is 0.0606 e. The van der Waals surface area contributed by atoms with Gasteiger partial charge in [-0.25, -0.2) is 0 Å². The van der Waals surface area contributed by atoms with E-state index in [1.807, 2.05) is 19.9 Å². The molecule has 0 saturated heterocycles. The number of aliphatic hydroxyl groups is 1. The molecule has 0 aliphatic carbocycles. The summed E-state index contributed by atoms with van der Waals surface area (Å²) in [5.41, 5.74) is 2.28. The van der Waals surface area contributed by atoms with Gasteiger partial charge < -0.3 is 5.11 Å². The number of hydrogen-bond donors (Lipinski definition) is 1. The van der Waals surface area contributed by atoms with Crippen LogP contribution >= 0.6 is 15.9 Å². The average molecular weight is 256 g/mol. The molecule has 0 saturated carbocycles. The highest BCUT2D eigenvalue weighted by Crippen LogP contribution is 2.25. The van der Waals surface area contributed by atoms with Crippen LogP contribution in [0.5, 0.6) is 0 Å². The van der Waals surface area contributed by atoms with Gasteiger partial charge in [0.05, 0.1) is 6.10 Å². The van der Waals surface area contributed by atoms with Gasteiger partial charge in [0.2, 0.25) is 0 Å². The van der Waals surface area contributed by atoms with E-state index in [2.05, 4.69) is 35.0 Å². The van der Waals surface area contributed by atoms with Crippen molar-refractivity contribution >= 4 is 15.9 Å². The van der Waals surface area contributed by atoms with Crippen LogP contribution in [-0.4, -0.2) is 11.2 Å². The number of hydrogen-bond acceptors (Lipinski definition) is 1. The van der Waals surface area contributed by atoms with Gasteiger partial charge in [0, 0.05) is 10.4 Å². The Morgan fingerprint density at radius 2 is 2.07 bits per heavy atom. The van der Waals surface area contributed by atoms with Gasteiger partial charge in [0.1, 0.15) is 0 Å². The minimum Gasteiger partial charge on any atom is -0.393 e. The third-order valence-electron chi connectivity index (χ3n) is 2.38. The van der Waals surface area contributed by atoms with Crippen LogP contribution in [0.1, 0.15) is 30.4 Å². The summed E-state index contributed by atoms with van der Waals surface area (Å²) >= 11 is 3.44. The topological polar surface area (TPSA) is 20.2 Å². The zero-order valence-corrected chi connectivity index (χ0v) is 10.2. The first-order chi connectivity index (χ1) is 6.54. The van der Waals surface area contributed by atoms with E-state index < -0.39 is 0 Å². The van der Waals surface area contributed by atoms with Gasteiger partial charge in [0.15, 0.2) is 0 Å². The van der Waals surface area contributed by atoms with E-state index in [0.29, 0.717) is 0 Å². The van der Waals surface area contributed by atoms with Crippen molar-refractivity contribution in [1.82, 2.24) is 0 Å². The smallest absolute Gasteiger partial charge is 0.0606 e. The largest absolute Gasteiger partial charge is 0.393 e. The van der Waals surface area contributed by atoms with Crippen molar-refractivity contribution in [1.29, 1.82) is 0 Å². The van der Waals surface area contributed by atoms with E-state index in [1.54, 1.807) is 0 Å². The molecule has 2 unspecified atom stereocenters. The molecule has 2 heteroatoms. The standard InChI is InChI=1S/C12H16BrO/c1-4-12(14)9(3)10-5-8(2)6-11(13)7-10/h5-7,9,12,14H,3-4H2,1-2H3. The predicted molar refractivity (Wildman–Crippen MR) is 63.3 cm³/mol. The molecule has 0 aliphatic rings. The van der Waals surface area contributed by atoms with E-state index in [0.717, 1.165) is 16.5 Å². The Kier molecular flexibility index (Phi) is 4.14. The first-order valence-electron chi connectivity index (χ1n) is 4.82. The van der Waals surface area contributed by atoms with E-state index in [1.165, 1.54) is 5.56 Å². The van der Waals surface area contributed by atoms with Crippen molar-refractivity contribution in [3.8, 4) is 0 Å². The molecule has 14 heavy (non-hydrogen) atoms. The fraction of sp³-hybridized carbons (Fsp3) is 0.417. The Bertz CT molecular complexity index is 289. The third kappa shape index (κ3) is 2.82. The molecular formula is C12H16BrO. The van der Waals surface area contributed by atoms with Crippen molar-refractivity contribution in [2.24, 2.45) is 0 Å². The number of rotatable bonds is 3. The van der Waals surface area contributed by atoms with Crippen LogP contribution in [0.3, 0.4) is 0 Å².